The molecule has 32 nitrogen and oxygen atoms in total. The maximum atomic E-state index is 13.0. The highest BCUT2D eigenvalue weighted by Crippen LogP contribution is 2.31. The number of benzene rings is 5. The molecule has 3 amide bonds. The van der Waals surface area contributed by atoms with Crippen LogP contribution in [0, 0.1) is 46.3 Å². The Morgan fingerprint density at radius 1 is 0.613 bits per heavy atom. The number of halogens is 1. The number of fused-ring (bicyclic) bond motifs is 4. The van der Waals surface area contributed by atoms with Gasteiger partial charge in [0.05, 0.1) is 50.2 Å². The van der Waals surface area contributed by atoms with Crippen molar-refractivity contribution in [3.8, 4) is 0 Å². The van der Waals surface area contributed by atoms with Gasteiger partial charge >= 0.3 is 17.9 Å². The number of carbonyl (C=O) groups is 6. The molecule has 93 heavy (non-hydrogen) atoms. The Morgan fingerprint density at radius 2 is 1.04 bits per heavy atom. The lowest BCUT2D eigenvalue weighted by atomic mass is 9.98. The van der Waals surface area contributed by atoms with Crippen LogP contribution in [0.4, 0.5) is 55.6 Å². The van der Waals surface area contributed by atoms with Gasteiger partial charge in [0.25, 0.3) is 28.7 Å². The molecule has 12 N–H and O–H groups in total. The predicted octanol–water partition coefficient (Wildman–Crippen LogP) is 5.72. The number of hydrogen-bond acceptors (Lipinski definition) is 25. The summed E-state index contributed by atoms with van der Waals surface area (Å²) in [6.07, 6.45) is 2.18. The number of rotatable bonds is 6. The molecule has 1 unspecified atom stereocenters. The number of ether oxygens (including phenoxy) is 3. The Kier molecular flexibility index (Phi) is 34.7. The van der Waals surface area contributed by atoms with Crippen LogP contribution in [-0.4, -0.2) is 158 Å². The summed E-state index contributed by atoms with van der Waals surface area (Å²) in [5, 5.41) is 61.0. The fourth-order valence-electron chi connectivity index (χ4n) is 8.66. The van der Waals surface area contributed by atoms with Gasteiger partial charge in [0.1, 0.15) is 19.2 Å². The number of nitrogens with zero attached hydrogens (tertiary/aromatic N) is 6. The number of hydrogen-bond donors (Lipinski definition) is 9. The van der Waals surface area contributed by atoms with Crippen LogP contribution in [0.1, 0.15) is 85.4 Å². The van der Waals surface area contributed by atoms with Crippen LogP contribution in [0.3, 0.4) is 0 Å². The Bertz CT molecular complexity index is 3370. The summed E-state index contributed by atoms with van der Waals surface area (Å²) < 4.78 is 26.2. The van der Waals surface area contributed by atoms with Crippen molar-refractivity contribution in [1.82, 2.24) is 20.4 Å². The lowest BCUT2D eigenvalue weighted by molar-refractivity contribution is -0.385. The molecule has 1 atom stereocenters. The molecule has 5 aromatic carbocycles. The first-order valence-electron chi connectivity index (χ1n) is 28.4. The Labute approximate surface area is 536 Å². The van der Waals surface area contributed by atoms with Gasteiger partial charge in [-0.25, -0.2) is 9.18 Å². The molecule has 0 saturated carbocycles. The van der Waals surface area contributed by atoms with Crippen molar-refractivity contribution in [3.05, 3.63) is 165 Å². The van der Waals surface area contributed by atoms with Gasteiger partial charge in [-0.3, -0.25) is 64.4 Å². The zero-order valence-electron chi connectivity index (χ0n) is 51.4. The maximum absolute atomic E-state index is 13.0. The summed E-state index contributed by atoms with van der Waals surface area (Å²) in [6.45, 7) is 14.2. The highest BCUT2D eigenvalue weighted by Gasteiger charge is 2.28. The maximum Gasteiger partial charge on any atom is 0.347 e. The molecule has 10 rings (SSSR count). The van der Waals surface area contributed by atoms with E-state index in [2.05, 4.69) is 41.4 Å². The van der Waals surface area contributed by atoms with Crippen molar-refractivity contribution in [3.63, 3.8) is 0 Å². The number of anilines is 5. The van der Waals surface area contributed by atoms with Crippen molar-refractivity contribution < 1.29 is 67.1 Å². The SMILES string of the molecule is C.CC(=O)N1CCNc2cccc(N)c2C1.CC(=O)N1CCNc2cccc([N+](=O)[O-])c2C1.CC(=O)OC(C)=O.COC(=O)c1c(F)cccc1[N+](=O)[O-].NCCN.O=C1NCCNc2cccc([N+](=O)[O-])c21.O=[N+]([O-])c1cccc2c1CNCCN2.[B]C1CCCO1. The molecule has 5 heterocycles. The first kappa shape index (κ1) is 78.7. The lowest BCUT2D eigenvalue weighted by Gasteiger charge is -2.18. The zero-order chi connectivity index (χ0) is 68.5. The van der Waals surface area contributed by atoms with Crippen LogP contribution in [-0.2, 0) is 53.0 Å². The van der Waals surface area contributed by atoms with E-state index in [1.165, 1.54) is 39.0 Å². The second-order valence-corrected chi connectivity index (χ2v) is 19.6. The van der Waals surface area contributed by atoms with Gasteiger partial charge in [0.2, 0.25) is 11.8 Å². The molecule has 0 spiro atoms. The molecule has 502 valence electrons. The van der Waals surface area contributed by atoms with Crippen LogP contribution in [0.15, 0.2) is 91.0 Å². The van der Waals surface area contributed by atoms with Crippen LogP contribution in [0.25, 0.3) is 0 Å². The van der Waals surface area contributed by atoms with Gasteiger partial charge in [0.15, 0.2) is 5.56 Å². The second kappa shape index (κ2) is 41.0. The molecule has 0 aliphatic carbocycles. The fourth-order valence-corrected chi connectivity index (χ4v) is 8.66. The number of amides is 3. The van der Waals surface area contributed by atoms with E-state index in [1.54, 1.807) is 47.1 Å². The monoisotopic (exact) mass is 1300 g/mol. The van der Waals surface area contributed by atoms with E-state index in [-0.39, 0.29) is 59.3 Å². The number of methoxy groups -OCH3 is 1. The van der Waals surface area contributed by atoms with Crippen LogP contribution < -0.4 is 49.1 Å². The van der Waals surface area contributed by atoms with Crippen LogP contribution >= 0.6 is 0 Å². The van der Waals surface area contributed by atoms with Crippen molar-refractivity contribution in [2.45, 2.75) is 73.6 Å². The van der Waals surface area contributed by atoms with Crippen LogP contribution in [0.2, 0.25) is 0 Å². The molecule has 34 heteroatoms. The number of nitro groups is 4. The van der Waals surface area contributed by atoms with Gasteiger partial charge in [-0.05, 0) is 49.2 Å². The molecule has 1 fully saturated rings. The number of nitro benzene ring substituents is 4. The third-order valence-electron chi connectivity index (χ3n) is 13.0. The number of nitrogens with one attached hydrogen (secondary N) is 6. The Morgan fingerprint density at radius 3 is 1.51 bits per heavy atom. The van der Waals surface area contributed by atoms with E-state index in [1.807, 2.05) is 24.3 Å². The molecular weight excluding hydrogens is 1220 g/mol. The first-order chi connectivity index (χ1) is 43.8. The second-order valence-electron chi connectivity index (χ2n) is 19.6. The number of esters is 3. The minimum absolute atomic E-state index is 0. The summed E-state index contributed by atoms with van der Waals surface area (Å²) in [6, 6.07) is 23.5. The topological polar surface area (TPSA) is 459 Å². The van der Waals surface area contributed by atoms with E-state index in [4.69, 9.17) is 29.8 Å². The normalized spacial score (nSPS) is 14.3. The summed E-state index contributed by atoms with van der Waals surface area (Å²) in [5.41, 5.74) is 20.9. The zero-order valence-corrected chi connectivity index (χ0v) is 51.4. The molecule has 1 saturated heterocycles. The minimum atomic E-state index is -1.06. The highest BCUT2D eigenvalue weighted by molar-refractivity contribution is 6.11. The molecule has 0 aromatic heterocycles. The summed E-state index contributed by atoms with van der Waals surface area (Å²) in [5.74, 6) is -3.53. The number of nitrogen functional groups attached to an aromatic ring is 1. The van der Waals surface area contributed by atoms with Gasteiger partial charge in [-0.2, -0.15) is 0 Å². The quantitative estimate of drug-likeness (QED) is 0.0245. The highest BCUT2D eigenvalue weighted by atomic mass is 19.1. The number of nitrogens with two attached hydrogens (primary N) is 3. The van der Waals surface area contributed by atoms with Gasteiger partial charge in [-0.15, -0.1) is 0 Å². The minimum Gasteiger partial charge on any atom is -0.465 e. The van der Waals surface area contributed by atoms with E-state index < -0.39 is 55.7 Å². The van der Waals surface area contributed by atoms with Crippen molar-refractivity contribution >= 4 is 94.7 Å². The van der Waals surface area contributed by atoms with Crippen molar-refractivity contribution in [1.29, 1.82) is 0 Å². The smallest absolute Gasteiger partial charge is 0.347 e. The standard InChI is InChI=1S/C11H13N3O3.C11H15N3O.C9H9N3O3.C9H11N3O2.C8H6FNO4.C4H7BO.C4H6O3.C2H8N2.CH4/c1-8(15)13-6-5-12-10-3-2-4-11(14(16)17)9(10)7-13;1-8(15)14-6-5-13-11-4-2-3-10(12)9(11)7-14;13-9-8-6(10-4-5-11-9)2-1-3-7(8)12(14)15;13-12(14)9-3-1-2-8-7(9)6-10-4-5-11-8;1-14-8(11)7-5(9)3-2-4-6(7)10(12)13;5-4-2-1-3-6-4;1-3(5)7-4(2)6;3-1-2-4;/h2-4,12H,5-7H2,1H3;2-4,13H,5-7,12H2,1H3;1-3,10H,4-5H2,(H,11,13);1-3,10-11H,4-6H2;2-4H,1H3;4H,1-3H2;1-2H3;1-4H2;1H4. The molecule has 0 bridgehead atoms. The van der Waals surface area contributed by atoms with Gasteiger partial charge < -0.3 is 73.1 Å². The molecule has 5 aliphatic rings. The summed E-state index contributed by atoms with van der Waals surface area (Å²) >= 11 is 0. The number of carbonyl (C=O) groups excluding carboxylic acids is 6. The Hall–Kier alpha value is -10.4. The van der Waals surface area contributed by atoms with Crippen molar-refractivity contribution in [2.24, 2.45) is 11.5 Å². The molecule has 5 aliphatic heterocycles. The van der Waals surface area contributed by atoms with E-state index in [9.17, 15) is 73.6 Å². The van der Waals surface area contributed by atoms with E-state index in [0.717, 1.165) is 105 Å². The molecule has 5 aromatic rings. The average molecular weight is 1300 g/mol. The first-order valence-corrected chi connectivity index (χ1v) is 28.4. The Balaban J connectivity index is 0.000000372. The van der Waals surface area contributed by atoms with Crippen LogP contribution in [0.5, 0.6) is 0 Å². The average Bonchev–Trinajstić information content (AvgIpc) is 1.99. The molecular formula is C59H79BFN15O17. The summed E-state index contributed by atoms with van der Waals surface area (Å²) in [4.78, 5) is 109. The lowest BCUT2D eigenvalue weighted by Crippen LogP contribution is -2.30. The third kappa shape index (κ3) is 26.1. The third-order valence-corrected chi connectivity index (χ3v) is 13.0. The van der Waals surface area contributed by atoms with E-state index >= 15 is 0 Å². The largest absolute Gasteiger partial charge is 0.465 e. The van der Waals surface area contributed by atoms with Gasteiger partial charge in [-0.1, -0.05) is 37.8 Å². The van der Waals surface area contributed by atoms with Crippen molar-refractivity contribution in [2.75, 3.05) is 106 Å². The molecule has 2 radical (unpaired) electrons. The summed E-state index contributed by atoms with van der Waals surface area (Å²) in [7, 11) is 6.34. The fraction of sp³-hybridized carbons (Fsp3) is 0.390. The van der Waals surface area contributed by atoms with E-state index in [0.29, 0.717) is 63.6 Å². The van der Waals surface area contributed by atoms with Gasteiger partial charge in [0, 0.05) is 171 Å². The predicted molar refractivity (Wildman–Crippen MR) is 347 cm³/mol.